The highest BCUT2D eigenvalue weighted by Crippen LogP contribution is 2.31. The number of carboxylic acid groups (broad SMARTS) is 1. The molecule has 0 aliphatic rings. The Kier molecular flexibility index (Phi) is 3.80. The van der Waals surface area contributed by atoms with E-state index in [0.717, 1.165) is 0 Å². The fourth-order valence-corrected chi connectivity index (χ4v) is 2.42. The van der Waals surface area contributed by atoms with Crippen LogP contribution in [0, 0.1) is 0 Å². The topological polar surface area (TPSA) is 51.5 Å². The van der Waals surface area contributed by atoms with E-state index < -0.39 is 5.97 Å². The first kappa shape index (κ1) is 13.2. The molecule has 6 heteroatoms. The number of nitrogens with zero attached hydrogens (tertiary/aromatic N) is 1. The van der Waals surface area contributed by atoms with Crippen LogP contribution in [0.1, 0.15) is 10.4 Å². The number of carbonyl (C=O) groups is 1. The Balaban J connectivity index is 2.70. The molecule has 2 rings (SSSR count). The highest BCUT2D eigenvalue weighted by atomic mass is 35.5. The van der Waals surface area contributed by atoms with Gasteiger partial charge in [0.15, 0.2) is 0 Å². The summed E-state index contributed by atoms with van der Waals surface area (Å²) in [5.41, 5.74) is 0.793. The Morgan fingerprint density at radius 1 is 1.44 bits per heavy atom. The molecule has 0 spiro atoms. The lowest BCUT2D eigenvalue weighted by molar-refractivity contribution is 0.0699. The van der Waals surface area contributed by atoms with E-state index in [9.17, 15) is 9.90 Å². The van der Waals surface area contributed by atoms with Gasteiger partial charge in [-0.1, -0.05) is 29.3 Å². The van der Waals surface area contributed by atoms with Gasteiger partial charge in [0.1, 0.15) is 10.7 Å². The lowest BCUT2D eigenvalue weighted by Crippen LogP contribution is -2.05. The van der Waals surface area contributed by atoms with Gasteiger partial charge in [0.2, 0.25) is 0 Å². The maximum atomic E-state index is 11.2. The van der Waals surface area contributed by atoms with Crippen molar-refractivity contribution in [2.75, 3.05) is 13.7 Å². The van der Waals surface area contributed by atoms with Crippen LogP contribution in [0.25, 0.3) is 10.9 Å². The Morgan fingerprint density at radius 3 is 2.78 bits per heavy atom. The number of ether oxygens (including phenoxy) is 1. The number of rotatable bonds is 4. The van der Waals surface area contributed by atoms with E-state index >= 15 is 0 Å². The molecule has 0 amide bonds. The zero-order chi connectivity index (χ0) is 13.3. The van der Waals surface area contributed by atoms with Gasteiger partial charge < -0.3 is 14.4 Å². The molecule has 0 atom stereocenters. The molecule has 0 saturated carbocycles. The minimum Gasteiger partial charge on any atom is -0.478 e. The number of hydrogen-bond donors (Lipinski definition) is 1. The second kappa shape index (κ2) is 5.18. The SMILES string of the molecule is COCCn1c(Cl)c(C(=O)O)c2ccc(Cl)cc21. The zero-order valence-corrected chi connectivity index (χ0v) is 11.1. The van der Waals surface area contributed by atoms with Crippen molar-refractivity contribution < 1.29 is 14.6 Å². The Hall–Kier alpha value is -1.23. The molecule has 18 heavy (non-hydrogen) atoms. The smallest absolute Gasteiger partial charge is 0.339 e. The molecule has 1 heterocycles. The second-order valence-corrected chi connectivity index (χ2v) is 4.57. The van der Waals surface area contributed by atoms with Crippen LogP contribution in [-0.2, 0) is 11.3 Å². The summed E-state index contributed by atoms with van der Waals surface area (Å²) in [5.74, 6) is -1.05. The first-order chi connectivity index (χ1) is 8.56. The number of fused-ring (bicyclic) bond motifs is 1. The summed E-state index contributed by atoms with van der Waals surface area (Å²) in [7, 11) is 1.57. The summed E-state index contributed by atoms with van der Waals surface area (Å²) in [6, 6.07) is 5.01. The summed E-state index contributed by atoms with van der Waals surface area (Å²) in [6.07, 6.45) is 0. The molecule has 96 valence electrons. The molecule has 1 aromatic carbocycles. The number of benzene rings is 1. The predicted molar refractivity (Wildman–Crippen MR) is 70.8 cm³/mol. The average molecular weight is 288 g/mol. The monoisotopic (exact) mass is 287 g/mol. The van der Waals surface area contributed by atoms with Crippen molar-refractivity contribution in [3.05, 3.63) is 33.9 Å². The van der Waals surface area contributed by atoms with Gasteiger partial charge in [-0.05, 0) is 12.1 Å². The van der Waals surface area contributed by atoms with Crippen LogP contribution in [0.15, 0.2) is 18.2 Å². The predicted octanol–water partition coefficient (Wildman–Crippen LogP) is 3.29. The minimum absolute atomic E-state index is 0.0967. The molecule has 0 bridgehead atoms. The number of carboxylic acids is 1. The van der Waals surface area contributed by atoms with Gasteiger partial charge in [-0.3, -0.25) is 0 Å². The first-order valence-electron chi connectivity index (χ1n) is 5.25. The van der Waals surface area contributed by atoms with E-state index in [1.807, 2.05) is 0 Å². The van der Waals surface area contributed by atoms with E-state index in [1.54, 1.807) is 29.9 Å². The molecule has 0 unspecified atom stereocenters. The van der Waals surface area contributed by atoms with Gasteiger partial charge >= 0.3 is 5.97 Å². The van der Waals surface area contributed by atoms with Gasteiger partial charge in [-0.15, -0.1) is 0 Å². The molecule has 0 fully saturated rings. The maximum absolute atomic E-state index is 11.2. The summed E-state index contributed by atoms with van der Waals surface area (Å²) >= 11 is 12.0. The van der Waals surface area contributed by atoms with Gasteiger partial charge in [-0.25, -0.2) is 4.79 Å². The van der Waals surface area contributed by atoms with Crippen molar-refractivity contribution >= 4 is 40.1 Å². The van der Waals surface area contributed by atoms with Crippen LogP contribution >= 0.6 is 23.2 Å². The lowest BCUT2D eigenvalue weighted by Gasteiger charge is -2.06. The Labute approximate surface area is 114 Å². The molecule has 0 saturated heterocycles. The quantitative estimate of drug-likeness (QED) is 0.939. The summed E-state index contributed by atoms with van der Waals surface area (Å²) in [4.78, 5) is 11.2. The maximum Gasteiger partial charge on any atom is 0.339 e. The number of aromatic carboxylic acids is 1. The number of aromatic nitrogens is 1. The van der Waals surface area contributed by atoms with Crippen molar-refractivity contribution in [1.29, 1.82) is 0 Å². The summed E-state index contributed by atoms with van der Waals surface area (Å²) < 4.78 is 6.68. The van der Waals surface area contributed by atoms with Gasteiger partial charge in [0, 0.05) is 24.1 Å². The van der Waals surface area contributed by atoms with Crippen molar-refractivity contribution in [3.63, 3.8) is 0 Å². The third-order valence-electron chi connectivity index (χ3n) is 2.70. The van der Waals surface area contributed by atoms with E-state index in [4.69, 9.17) is 27.9 Å². The van der Waals surface area contributed by atoms with Gasteiger partial charge in [-0.2, -0.15) is 0 Å². The molecular weight excluding hydrogens is 277 g/mol. The Bertz CT molecular complexity index is 607. The van der Waals surface area contributed by atoms with E-state index in [-0.39, 0.29) is 10.7 Å². The van der Waals surface area contributed by atoms with Crippen molar-refractivity contribution in [2.24, 2.45) is 0 Å². The molecule has 1 aromatic heterocycles. The van der Waals surface area contributed by atoms with E-state index in [1.165, 1.54) is 0 Å². The molecule has 0 radical (unpaired) electrons. The van der Waals surface area contributed by atoms with Crippen molar-refractivity contribution in [3.8, 4) is 0 Å². The van der Waals surface area contributed by atoms with Crippen molar-refractivity contribution in [1.82, 2.24) is 4.57 Å². The molecule has 4 nitrogen and oxygen atoms in total. The number of halogens is 2. The van der Waals surface area contributed by atoms with E-state index in [2.05, 4.69) is 0 Å². The summed E-state index contributed by atoms with van der Waals surface area (Å²) in [5, 5.41) is 10.5. The van der Waals surface area contributed by atoms with Crippen LogP contribution < -0.4 is 0 Å². The first-order valence-corrected chi connectivity index (χ1v) is 6.01. The Morgan fingerprint density at radius 2 is 2.17 bits per heavy atom. The number of hydrogen-bond acceptors (Lipinski definition) is 2. The standard InChI is InChI=1S/C12H11Cl2NO3/c1-18-5-4-15-9-6-7(13)2-3-8(9)10(11(15)14)12(16)17/h2-3,6H,4-5H2,1H3,(H,16,17). The minimum atomic E-state index is -1.05. The van der Waals surface area contributed by atoms with Crippen LogP contribution in [0.3, 0.4) is 0 Å². The molecule has 0 aliphatic heterocycles. The normalized spacial score (nSPS) is 11.1. The fourth-order valence-electron chi connectivity index (χ4n) is 1.90. The third-order valence-corrected chi connectivity index (χ3v) is 3.32. The molecule has 1 N–H and O–H groups in total. The molecule has 0 aliphatic carbocycles. The van der Waals surface area contributed by atoms with E-state index in [0.29, 0.717) is 29.1 Å². The van der Waals surface area contributed by atoms with Gasteiger partial charge in [0.05, 0.1) is 12.1 Å². The highest BCUT2D eigenvalue weighted by Gasteiger charge is 2.20. The van der Waals surface area contributed by atoms with Gasteiger partial charge in [0.25, 0.3) is 0 Å². The fraction of sp³-hybridized carbons (Fsp3) is 0.250. The largest absolute Gasteiger partial charge is 0.478 e. The molecular formula is C12H11Cl2NO3. The second-order valence-electron chi connectivity index (χ2n) is 3.78. The third kappa shape index (κ3) is 2.19. The average Bonchev–Trinajstić information content (AvgIpc) is 2.58. The number of methoxy groups -OCH3 is 1. The van der Waals surface area contributed by atoms with Crippen molar-refractivity contribution in [2.45, 2.75) is 6.54 Å². The zero-order valence-electron chi connectivity index (χ0n) is 9.61. The van der Waals surface area contributed by atoms with Crippen LogP contribution in [0.5, 0.6) is 0 Å². The molecule has 2 aromatic rings. The summed E-state index contributed by atoms with van der Waals surface area (Å²) in [6.45, 7) is 0.911. The van der Waals surface area contributed by atoms with Crippen LogP contribution in [-0.4, -0.2) is 29.4 Å². The van der Waals surface area contributed by atoms with Crippen LogP contribution in [0.4, 0.5) is 0 Å². The van der Waals surface area contributed by atoms with Crippen LogP contribution in [0.2, 0.25) is 10.2 Å². The highest BCUT2D eigenvalue weighted by molar-refractivity contribution is 6.36. The lowest BCUT2D eigenvalue weighted by atomic mass is 10.2.